The summed E-state index contributed by atoms with van der Waals surface area (Å²) in [4.78, 5) is 4.22. The van der Waals surface area contributed by atoms with Crippen LogP contribution in [0, 0.1) is 0 Å². The van der Waals surface area contributed by atoms with Crippen LogP contribution in [0.2, 0.25) is 0 Å². The molecule has 0 radical (unpaired) electrons. The summed E-state index contributed by atoms with van der Waals surface area (Å²) in [6.45, 7) is 4.04. The maximum absolute atomic E-state index is 9.50. The van der Waals surface area contributed by atoms with E-state index in [0.29, 0.717) is 17.5 Å². The summed E-state index contributed by atoms with van der Waals surface area (Å²) >= 11 is 0. The first kappa shape index (κ1) is 13.5. The Labute approximate surface area is 112 Å². The van der Waals surface area contributed by atoms with Crippen LogP contribution in [-0.2, 0) is 13.0 Å². The predicted molar refractivity (Wildman–Crippen MR) is 69.7 cm³/mol. The molecule has 102 valence electrons. The van der Waals surface area contributed by atoms with Crippen LogP contribution in [0.5, 0.6) is 5.75 Å². The molecule has 5 heteroatoms. The summed E-state index contributed by atoms with van der Waals surface area (Å²) in [5, 5.41) is 13.3. The second kappa shape index (κ2) is 6.33. The molecule has 1 atom stereocenters. The highest BCUT2D eigenvalue weighted by Crippen LogP contribution is 2.19. The predicted octanol–water partition coefficient (Wildman–Crippen LogP) is 2.65. The number of nitrogens with zero attached hydrogens (tertiary/aromatic N) is 2. The van der Waals surface area contributed by atoms with Gasteiger partial charge in [-0.05, 0) is 31.0 Å². The highest BCUT2D eigenvalue weighted by molar-refractivity contribution is 5.29. The van der Waals surface area contributed by atoms with E-state index in [4.69, 9.17) is 9.26 Å². The molecule has 1 heterocycles. The highest BCUT2D eigenvalue weighted by Gasteiger charge is 2.07. The van der Waals surface area contributed by atoms with Gasteiger partial charge in [0.2, 0.25) is 11.7 Å². The van der Waals surface area contributed by atoms with Gasteiger partial charge in [0.15, 0.2) is 6.61 Å². The number of benzene rings is 1. The first-order chi connectivity index (χ1) is 9.19. The molecule has 5 nitrogen and oxygen atoms in total. The third-order valence-electron chi connectivity index (χ3n) is 2.68. The Bertz CT molecular complexity index is 523. The first-order valence-corrected chi connectivity index (χ1v) is 6.41. The normalized spacial score (nSPS) is 12.4. The average molecular weight is 262 g/mol. The molecule has 1 N–H and O–H groups in total. The summed E-state index contributed by atoms with van der Waals surface area (Å²) < 4.78 is 10.7. The van der Waals surface area contributed by atoms with Gasteiger partial charge in [0.25, 0.3) is 0 Å². The molecule has 0 spiro atoms. The molecular formula is C14H18N2O3. The number of ether oxygens (including phenoxy) is 1. The Hall–Kier alpha value is -1.88. The number of aryl methyl sites for hydroxylation is 1. The van der Waals surface area contributed by atoms with E-state index >= 15 is 0 Å². The van der Waals surface area contributed by atoms with Crippen molar-refractivity contribution in [2.24, 2.45) is 0 Å². The Balaban J connectivity index is 1.95. The van der Waals surface area contributed by atoms with Crippen molar-refractivity contribution in [3.05, 3.63) is 41.5 Å². The molecule has 0 unspecified atom stereocenters. The van der Waals surface area contributed by atoms with Gasteiger partial charge in [-0.15, -0.1) is 0 Å². The van der Waals surface area contributed by atoms with E-state index in [0.717, 1.165) is 18.4 Å². The Kier molecular flexibility index (Phi) is 4.52. The van der Waals surface area contributed by atoms with Crippen molar-refractivity contribution in [2.45, 2.75) is 39.4 Å². The molecule has 0 saturated carbocycles. The Morgan fingerprint density at radius 2 is 2.26 bits per heavy atom. The Morgan fingerprint density at radius 1 is 1.42 bits per heavy atom. The lowest BCUT2D eigenvalue weighted by Crippen LogP contribution is -1.99. The van der Waals surface area contributed by atoms with Crippen LogP contribution in [0.25, 0.3) is 0 Å². The minimum absolute atomic E-state index is 0.260. The molecule has 0 aliphatic heterocycles. The van der Waals surface area contributed by atoms with Gasteiger partial charge >= 0.3 is 0 Å². The number of rotatable bonds is 6. The molecule has 0 aliphatic rings. The first-order valence-electron chi connectivity index (χ1n) is 6.41. The number of aliphatic hydroxyl groups is 1. The zero-order chi connectivity index (χ0) is 13.7. The monoisotopic (exact) mass is 262 g/mol. The van der Waals surface area contributed by atoms with E-state index in [2.05, 4.69) is 17.1 Å². The smallest absolute Gasteiger partial charge is 0.226 e. The molecule has 0 amide bonds. The van der Waals surface area contributed by atoms with E-state index in [1.165, 1.54) is 0 Å². The van der Waals surface area contributed by atoms with Crippen molar-refractivity contribution < 1.29 is 14.4 Å². The van der Waals surface area contributed by atoms with Crippen LogP contribution in [0.3, 0.4) is 0 Å². The molecule has 0 saturated heterocycles. The van der Waals surface area contributed by atoms with Crippen LogP contribution in [0.4, 0.5) is 0 Å². The number of hydrogen-bond donors (Lipinski definition) is 1. The lowest BCUT2D eigenvalue weighted by Gasteiger charge is -2.07. The van der Waals surface area contributed by atoms with Crippen molar-refractivity contribution in [1.82, 2.24) is 10.1 Å². The van der Waals surface area contributed by atoms with Crippen molar-refractivity contribution in [2.75, 3.05) is 0 Å². The summed E-state index contributed by atoms with van der Waals surface area (Å²) in [6, 6.07) is 7.33. The van der Waals surface area contributed by atoms with Crippen molar-refractivity contribution in [3.8, 4) is 5.75 Å². The second-order valence-electron chi connectivity index (χ2n) is 4.39. The van der Waals surface area contributed by atoms with E-state index in [-0.39, 0.29) is 6.61 Å². The lowest BCUT2D eigenvalue weighted by atomic mass is 10.1. The van der Waals surface area contributed by atoms with Gasteiger partial charge in [-0.2, -0.15) is 4.98 Å². The van der Waals surface area contributed by atoms with Crippen LogP contribution < -0.4 is 4.74 Å². The third-order valence-corrected chi connectivity index (χ3v) is 2.68. The minimum Gasteiger partial charge on any atom is -0.485 e. The van der Waals surface area contributed by atoms with Gasteiger partial charge in [0.05, 0.1) is 6.10 Å². The average Bonchev–Trinajstić information content (AvgIpc) is 2.85. The molecular weight excluding hydrogens is 244 g/mol. The number of aliphatic hydroxyl groups excluding tert-OH is 1. The van der Waals surface area contributed by atoms with Gasteiger partial charge in [-0.25, -0.2) is 0 Å². The second-order valence-corrected chi connectivity index (χ2v) is 4.39. The zero-order valence-corrected chi connectivity index (χ0v) is 11.2. The molecule has 2 aromatic rings. The fourth-order valence-electron chi connectivity index (χ4n) is 1.68. The topological polar surface area (TPSA) is 68.4 Å². The fourth-order valence-corrected chi connectivity index (χ4v) is 1.68. The fraction of sp³-hybridized carbons (Fsp3) is 0.429. The van der Waals surface area contributed by atoms with E-state index in [9.17, 15) is 5.11 Å². The molecule has 0 bridgehead atoms. The van der Waals surface area contributed by atoms with Crippen LogP contribution in [0.1, 0.15) is 43.7 Å². The maximum Gasteiger partial charge on any atom is 0.226 e. The molecule has 2 rings (SSSR count). The number of hydrogen-bond acceptors (Lipinski definition) is 5. The number of aromatic nitrogens is 2. The molecule has 19 heavy (non-hydrogen) atoms. The summed E-state index contributed by atoms with van der Waals surface area (Å²) in [5.74, 6) is 1.85. The van der Waals surface area contributed by atoms with Crippen LogP contribution in [-0.4, -0.2) is 15.2 Å². The highest BCUT2D eigenvalue weighted by atomic mass is 16.5. The van der Waals surface area contributed by atoms with E-state index in [1.807, 2.05) is 18.2 Å². The van der Waals surface area contributed by atoms with Crippen molar-refractivity contribution in [1.29, 1.82) is 0 Å². The van der Waals surface area contributed by atoms with Gasteiger partial charge in [-0.1, -0.05) is 24.2 Å². The Morgan fingerprint density at radius 3 is 3.00 bits per heavy atom. The SMILES string of the molecule is CCCc1nc(COc2cccc([C@H](C)O)c2)no1. The van der Waals surface area contributed by atoms with Gasteiger partial charge in [-0.3, -0.25) is 0 Å². The molecule has 0 aliphatic carbocycles. The molecule has 1 aromatic carbocycles. The molecule has 1 aromatic heterocycles. The molecule has 0 fully saturated rings. The van der Waals surface area contributed by atoms with Gasteiger partial charge < -0.3 is 14.4 Å². The summed E-state index contributed by atoms with van der Waals surface area (Å²) in [5.41, 5.74) is 0.817. The van der Waals surface area contributed by atoms with Gasteiger partial charge in [0.1, 0.15) is 5.75 Å². The van der Waals surface area contributed by atoms with Crippen molar-refractivity contribution in [3.63, 3.8) is 0 Å². The van der Waals surface area contributed by atoms with Crippen LogP contribution >= 0.6 is 0 Å². The summed E-state index contributed by atoms with van der Waals surface area (Å²) in [6.07, 6.45) is 1.24. The standard InChI is InChI=1S/C14H18N2O3/c1-3-5-14-15-13(16-19-14)9-18-12-7-4-6-11(8-12)10(2)17/h4,6-8,10,17H,3,5,9H2,1-2H3/t10-/m0/s1. The quantitative estimate of drug-likeness (QED) is 0.866. The van der Waals surface area contributed by atoms with Gasteiger partial charge in [0, 0.05) is 6.42 Å². The third kappa shape index (κ3) is 3.79. The van der Waals surface area contributed by atoms with Crippen molar-refractivity contribution >= 4 is 0 Å². The van der Waals surface area contributed by atoms with Crippen LogP contribution in [0.15, 0.2) is 28.8 Å². The van der Waals surface area contributed by atoms with E-state index in [1.54, 1.807) is 13.0 Å². The lowest BCUT2D eigenvalue weighted by molar-refractivity contribution is 0.198. The van der Waals surface area contributed by atoms with E-state index < -0.39 is 6.10 Å². The largest absolute Gasteiger partial charge is 0.485 e. The zero-order valence-electron chi connectivity index (χ0n) is 11.2. The maximum atomic E-state index is 9.50. The summed E-state index contributed by atoms with van der Waals surface area (Å²) in [7, 11) is 0. The minimum atomic E-state index is -0.509.